The first-order valence-corrected chi connectivity index (χ1v) is 12.2. The molecule has 0 radical (unpaired) electrons. The van der Waals surface area contributed by atoms with Crippen molar-refractivity contribution in [3.05, 3.63) is 85.5 Å². The Hall–Kier alpha value is -5.50. The van der Waals surface area contributed by atoms with Crippen LogP contribution in [0, 0.1) is 0 Å². The molecule has 8 heteroatoms. The highest BCUT2D eigenvalue weighted by Crippen LogP contribution is 2.35. The highest BCUT2D eigenvalue weighted by Gasteiger charge is 2.18. The van der Waals surface area contributed by atoms with Gasteiger partial charge in [0.25, 0.3) is 0 Å². The van der Waals surface area contributed by atoms with Crippen molar-refractivity contribution in [2.75, 3.05) is 0 Å². The van der Waals surface area contributed by atoms with Gasteiger partial charge in [-0.05, 0) is 60.7 Å². The molecule has 8 nitrogen and oxygen atoms in total. The molecule has 6 aromatic heterocycles. The second-order valence-electron chi connectivity index (χ2n) is 9.24. The van der Waals surface area contributed by atoms with E-state index in [1.807, 2.05) is 60.7 Å². The van der Waals surface area contributed by atoms with E-state index < -0.39 is 0 Å². The van der Waals surface area contributed by atoms with Gasteiger partial charge in [0.2, 0.25) is 0 Å². The third-order valence-corrected chi connectivity index (χ3v) is 7.17. The van der Waals surface area contributed by atoms with Crippen LogP contribution in [0.25, 0.3) is 87.7 Å². The van der Waals surface area contributed by atoms with Gasteiger partial charge in [0.1, 0.15) is 11.0 Å². The van der Waals surface area contributed by atoms with Crippen molar-refractivity contribution in [1.82, 2.24) is 39.9 Å². The Kier molecular flexibility index (Phi) is 3.64. The van der Waals surface area contributed by atoms with Crippen LogP contribution in [0.15, 0.2) is 85.5 Å². The van der Waals surface area contributed by atoms with Crippen LogP contribution < -0.4 is 0 Å². The number of fused-ring (bicyclic) bond motifs is 15. The normalized spacial score (nSPS) is 12.2. The third kappa shape index (κ3) is 2.48. The number of hydrogen-bond donors (Lipinski definition) is 0. The summed E-state index contributed by atoms with van der Waals surface area (Å²) in [6.07, 6.45) is 7.12. The van der Waals surface area contributed by atoms with Gasteiger partial charge in [0.15, 0.2) is 0 Å². The highest BCUT2D eigenvalue weighted by molar-refractivity contribution is 6.24. The minimum absolute atomic E-state index is 0.695. The number of benzene rings is 3. The van der Waals surface area contributed by atoms with Crippen LogP contribution in [0.3, 0.4) is 0 Å². The average molecular weight is 486 g/mol. The van der Waals surface area contributed by atoms with E-state index >= 15 is 0 Å². The molecule has 6 heterocycles. The predicted octanol–water partition coefficient (Wildman–Crippen LogP) is 6.07. The second kappa shape index (κ2) is 7.04. The van der Waals surface area contributed by atoms with Crippen LogP contribution in [0.1, 0.15) is 0 Å². The summed E-state index contributed by atoms with van der Waals surface area (Å²) in [5.74, 6) is 0. The molecule has 0 amide bonds. The van der Waals surface area contributed by atoms with E-state index in [4.69, 9.17) is 19.9 Å². The summed E-state index contributed by atoms with van der Waals surface area (Å²) in [7, 11) is 0. The number of aromatic nitrogens is 8. The summed E-state index contributed by atoms with van der Waals surface area (Å²) < 4.78 is 0. The van der Waals surface area contributed by atoms with Crippen LogP contribution in [0.4, 0.5) is 0 Å². The van der Waals surface area contributed by atoms with Gasteiger partial charge in [-0.3, -0.25) is 19.9 Å². The average Bonchev–Trinajstić information content (AvgIpc) is 3.00. The zero-order valence-electron chi connectivity index (χ0n) is 19.7. The molecule has 9 aromatic rings. The molecule has 174 valence electrons. The lowest BCUT2D eigenvalue weighted by molar-refractivity contribution is 1.35. The van der Waals surface area contributed by atoms with Crippen LogP contribution >= 0.6 is 0 Å². The van der Waals surface area contributed by atoms with Crippen LogP contribution in [0.5, 0.6) is 0 Å². The Morgan fingerprint density at radius 3 is 0.947 bits per heavy atom. The molecule has 0 aliphatic rings. The first kappa shape index (κ1) is 19.7. The molecule has 0 aliphatic carbocycles. The third-order valence-electron chi connectivity index (χ3n) is 7.17. The summed E-state index contributed by atoms with van der Waals surface area (Å²) in [4.78, 5) is 39.0. The Morgan fingerprint density at radius 1 is 0.289 bits per heavy atom. The zero-order valence-corrected chi connectivity index (χ0v) is 19.7. The van der Waals surface area contributed by atoms with E-state index in [0.29, 0.717) is 11.0 Å². The maximum absolute atomic E-state index is 5.17. The summed E-state index contributed by atoms with van der Waals surface area (Å²) in [5.41, 5.74) is 9.24. The molecule has 3 aromatic carbocycles. The Morgan fingerprint density at radius 2 is 0.605 bits per heavy atom. The van der Waals surface area contributed by atoms with Gasteiger partial charge in [-0.25, -0.2) is 19.9 Å². The van der Waals surface area contributed by atoms with Crippen LogP contribution in [-0.4, -0.2) is 39.9 Å². The minimum Gasteiger partial charge on any atom is -0.254 e. The van der Waals surface area contributed by atoms with Crippen molar-refractivity contribution in [1.29, 1.82) is 0 Å². The van der Waals surface area contributed by atoms with Gasteiger partial charge >= 0.3 is 0 Å². The Labute approximate surface area is 213 Å². The lowest BCUT2D eigenvalue weighted by Crippen LogP contribution is -1.97. The van der Waals surface area contributed by atoms with E-state index in [0.717, 1.165) is 76.7 Å². The van der Waals surface area contributed by atoms with Crippen molar-refractivity contribution in [3.8, 4) is 0 Å². The van der Waals surface area contributed by atoms with Gasteiger partial charge in [-0.2, -0.15) is 0 Å². The van der Waals surface area contributed by atoms with Gasteiger partial charge < -0.3 is 0 Å². The summed E-state index contributed by atoms with van der Waals surface area (Å²) >= 11 is 0. The SMILES string of the molecule is c1cnc2c(c1)c1nc3ccc4nc5c6cccnc6c6ncccc6c5nc4c3nc1c1cccnc12. The number of hydrogen-bond acceptors (Lipinski definition) is 8. The number of nitrogens with zero attached hydrogens (tertiary/aromatic N) is 8. The number of rotatable bonds is 0. The maximum atomic E-state index is 5.17. The molecule has 0 saturated heterocycles. The van der Waals surface area contributed by atoms with Crippen molar-refractivity contribution in [2.45, 2.75) is 0 Å². The molecule has 0 unspecified atom stereocenters. The van der Waals surface area contributed by atoms with E-state index in [-0.39, 0.29) is 0 Å². The van der Waals surface area contributed by atoms with Crippen molar-refractivity contribution in [2.24, 2.45) is 0 Å². The molecule has 0 spiro atoms. The largest absolute Gasteiger partial charge is 0.254 e. The first-order valence-electron chi connectivity index (χ1n) is 12.2. The molecule has 38 heavy (non-hydrogen) atoms. The number of pyridine rings is 4. The molecule has 9 rings (SSSR count). The lowest BCUT2D eigenvalue weighted by atomic mass is 10.1. The summed E-state index contributed by atoms with van der Waals surface area (Å²) in [6.45, 7) is 0. The molecular formula is C30H14N8. The fraction of sp³-hybridized carbons (Fsp3) is 0. The van der Waals surface area contributed by atoms with Crippen molar-refractivity contribution in [3.63, 3.8) is 0 Å². The molecule has 0 bridgehead atoms. The minimum atomic E-state index is 0.695. The summed E-state index contributed by atoms with van der Waals surface area (Å²) in [5, 5.41) is 3.65. The monoisotopic (exact) mass is 486 g/mol. The van der Waals surface area contributed by atoms with Crippen molar-refractivity contribution >= 4 is 87.7 Å². The quantitative estimate of drug-likeness (QED) is 0.188. The van der Waals surface area contributed by atoms with E-state index in [2.05, 4.69) is 19.9 Å². The Balaban J connectivity index is 1.50. The lowest BCUT2D eigenvalue weighted by Gasteiger charge is -2.11. The standard InChI is InChI=1S/C30H14N8/c1-5-15-21(31-11-1)23-17(7-3-13-33-23)27-25(15)35-19-9-10-20-30(29(19)37-27)38-28-18-8-4-14-34-24(18)22-16(26(28)36-20)6-2-12-32-22/h1-14H. The predicted molar refractivity (Wildman–Crippen MR) is 149 cm³/mol. The smallest absolute Gasteiger partial charge is 0.117 e. The van der Waals surface area contributed by atoms with Gasteiger partial charge in [0.05, 0.1) is 55.2 Å². The van der Waals surface area contributed by atoms with E-state index in [1.165, 1.54) is 0 Å². The zero-order chi connectivity index (χ0) is 24.8. The topological polar surface area (TPSA) is 103 Å². The molecule has 0 fully saturated rings. The van der Waals surface area contributed by atoms with Gasteiger partial charge in [0, 0.05) is 46.3 Å². The molecular weight excluding hydrogens is 472 g/mol. The Bertz CT molecular complexity index is 2300. The van der Waals surface area contributed by atoms with E-state index in [1.54, 1.807) is 24.8 Å². The molecule has 0 atom stereocenters. The first-order chi connectivity index (χ1) is 18.8. The van der Waals surface area contributed by atoms with Crippen molar-refractivity contribution < 1.29 is 0 Å². The van der Waals surface area contributed by atoms with Crippen LogP contribution in [-0.2, 0) is 0 Å². The highest BCUT2D eigenvalue weighted by atomic mass is 14.9. The molecule has 0 aliphatic heterocycles. The fourth-order valence-corrected chi connectivity index (χ4v) is 5.53. The molecule has 0 N–H and O–H groups in total. The fourth-order valence-electron chi connectivity index (χ4n) is 5.53. The summed E-state index contributed by atoms with van der Waals surface area (Å²) in [6, 6.07) is 19.7. The van der Waals surface area contributed by atoms with Gasteiger partial charge in [-0.1, -0.05) is 0 Å². The van der Waals surface area contributed by atoms with Crippen LogP contribution in [0.2, 0.25) is 0 Å². The maximum Gasteiger partial charge on any atom is 0.117 e. The second-order valence-corrected chi connectivity index (χ2v) is 9.24. The van der Waals surface area contributed by atoms with Gasteiger partial charge in [-0.15, -0.1) is 0 Å². The van der Waals surface area contributed by atoms with E-state index in [9.17, 15) is 0 Å². The molecule has 0 saturated carbocycles.